The van der Waals surface area contributed by atoms with Crippen LogP contribution in [0.15, 0.2) is 29.3 Å². The molecule has 1 aromatic carbocycles. The van der Waals surface area contributed by atoms with Crippen LogP contribution in [-0.4, -0.2) is 23.1 Å². The lowest BCUT2D eigenvalue weighted by molar-refractivity contribution is 0.0527. The summed E-state index contributed by atoms with van der Waals surface area (Å²) >= 11 is 0. The molecule has 0 aliphatic heterocycles. The van der Waals surface area contributed by atoms with Crippen molar-refractivity contribution in [2.75, 3.05) is 6.61 Å². The Balaban J connectivity index is 2.16. The summed E-state index contributed by atoms with van der Waals surface area (Å²) in [6, 6.07) is 6.20. The summed E-state index contributed by atoms with van der Waals surface area (Å²) in [4.78, 5) is 16.6. The minimum Gasteiger partial charge on any atom is -0.462 e. The lowest BCUT2D eigenvalue weighted by Gasteiger charge is -2.05. The van der Waals surface area contributed by atoms with Gasteiger partial charge in [0.15, 0.2) is 5.96 Å². The van der Waals surface area contributed by atoms with Crippen LogP contribution in [0.3, 0.4) is 0 Å². The van der Waals surface area contributed by atoms with Crippen molar-refractivity contribution in [2.45, 2.75) is 32.7 Å². The molecule has 1 aliphatic rings. The van der Waals surface area contributed by atoms with Gasteiger partial charge in [-0.3, -0.25) is 0 Å². The van der Waals surface area contributed by atoms with Gasteiger partial charge in [0.05, 0.1) is 24.4 Å². The molecule has 0 saturated carbocycles. The number of hydrogen-bond acceptors (Lipinski definition) is 3. The van der Waals surface area contributed by atoms with E-state index < -0.39 is 0 Å². The van der Waals surface area contributed by atoms with E-state index in [-0.39, 0.29) is 18.5 Å². The molecule has 0 saturated heterocycles. The normalized spacial score (nSPS) is 13.8. The molecule has 0 amide bonds. The zero-order valence-corrected chi connectivity index (χ0v) is 14.7. The average Bonchev–Trinajstić information content (AvgIpc) is 3.20. The number of fused-ring (bicyclic) bond motifs is 1. The lowest BCUT2D eigenvalue weighted by atomic mass is 10.0. The van der Waals surface area contributed by atoms with Crippen molar-refractivity contribution >= 4 is 28.4 Å². The van der Waals surface area contributed by atoms with Gasteiger partial charge in [-0.1, -0.05) is 18.2 Å². The van der Waals surface area contributed by atoms with Gasteiger partial charge >= 0.3 is 5.97 Å². The summed E-state index contributed by atoms with van der Waals surface area (Å²) < 4.78 is 7.23. The van der Waals surface area contributed by atoms with E-state index in [4.69, 9.17) is 16.2 Å². The Labute approximate surface area is 147 Å². The Morgan fingerprint density at radius 3 is 2.80 bits per heavy atom. The predicted octanol–water partition coefficient (Wildman–Crippen LogP) is 2.70. The first-order chi connectivity index (χ1) is 12.0. The van der Waals surface area contributed by atoms with Crippen LogP contribution in [0.4, 0.5) is 0 Å². The molecule has 2 aromatic rings. The standard InChI is InChI=1S/C19H24N4O2/c1-3-25-18(24)17-14-9-8-13(12-6-4-5-7-12)10-15(14)23(2)16(17)11-22-19(20)21/h6,8-10H,3-5,7,11H2,1-2H3,(H4,20,21,22). The molecule has 0 radical (unpaired) electrons. The van der Waals surface area contributed by atoms with Crippen LogP contribution in [0.5, 0.6) is 0 Å². The first-order valence-corrected chi connectivity index (χ1v) is 8.56. The number of hydrogen-bond donors (Lipinski definition) is 2. The number of allylic oxidation sites excluding steroid dienone is 2. The smallest absolute Gasteiger partial charge is 0.340 e. The van der Waals surface area contributed by atoms with Crippen molar-refractivity contribution in [3.05, 3.63) is 41.1 Å². The summed E-state index contributed by atoms with van der Waals surface area (Å²) in [5, 5.41) is 0.865. The highest BCUT2D eigenvalue weighted by atomic mass is 16.5. The van der Waals surface area contributed by atoms with Gasteiger partial charge in [0.25, 0.3) is 0 Å². The van der Waals surface area contributed by atoms with Gasteiger partial charge in [-0.25, -0.2) is 9.79 Å². The number of nitrogens with two attached hydrogens (primary N) is 2. The number of esters is 1. The molecule has 0 atom stereocenters. The zero-order chi connectivity index (χ0) is 18.0. The van der Waals surface area contributed by atoms with Crippen molar-refractivity contribution in [3.63, 3.8) is 0 Å². The molecule has 0 unspecified atom stereocenters. The Kier molecular flexibility index (Phi) is 4.79. The highest BCUT2D eigenvalue weighted by molar-refractivity contribution is 6.06. The molecule has 6 nitrogen and oxygen atoms in total. The van der Waals surface area contributed by atoms with E-state index in [1.165, 1.54) is 17.6 Å². The highest BCUT2D eigenvalue weighted by Gasteiger charge is 2.22. The fourth-order valence-electron chi connectivity index (χ4n) is 3.40. The Bertz CT molecular complexity index is 873. The molecule has 6 heteroatoms. The number of carbonyl (C=O) groups is 1. The van der Waals surface area contributed by atoms with Gasteiger partial charge in [0.1, 0.15) is 0 Å². The van der Waals surface area contributed by atoms with Gasteiger partial charge in [0, 0.05) is 18.0 Å². The minimum absolute atomic E-state index is 0.00290. The third kappa shape index (κ3) is 3.24. The maximum absolute atomic E-state index is 12.5. The van der Waals surface area contributed by atoms with Crippen LogP contribution in [0, 0.1) is 0 Å². The predicted molar refractivity (Wildman–Crippen MR) is 100 cm³/mol. The lowest BCUT2D eigenvalue weighted by Crippen LogP contribution is -2.23. The number of carbonyl (C=O) groups excluding carboxylic acids is 1. The second kappa shape index (κ2) is 7.01. The molecule has 3 rings (SSSR count). The third-order valence-electron chi connectivity index (χ3n) is 4.62. The first-order valence-electron chi connectivity index (χ1n) is 8.56. The van der Waals surface area contributed by atoms with Crippen LogP contribution < -0.4 is 11.5 Å². The van der Waals surface area contributed by atoms with E-state index in [0.29, 0.717) is 12.2 Å². The van der Waals surface area contributed by atoms with Crippen LogP contribution in [0.25, 0.3) is 16.5 Å². The van der Waals surface area contributed by atoms with E-state index >= 15 is 0 Å². The minimum atomic E-state index is -0.346. The van der Waals surface area contributed by atoms with E-state index in [1.807, 2.05) is 17.7 Å². The molecule has 0 bridgehead atoms. The van der Waals surface area contributed by atoms with E-state index in [2.05, 4.69) is 23.2 Å². The topological polar surface area (TPSA) is 95.6 Å². The zero-order valence-electron chi connectivity index (χ0n) is 14.7. The van der Waals surface area contributed by atoms with Crippen LogP contribution >= 0.6 is 0 Å². The number of nitrogens with zero attached hydrogens (tertiary/aromatic N) is 2. The molecule has 0 spiro atoms. The van der Waals surface area contributed by atoms with Crippen molar-refractivity contribution in [2.24, 2.45) is 23.5 Å². The number of guanidine groups is 1. The van der Waals surface area contributed by atoms with E-state index in [0.717, 1.165) is 29.4 Å². The molecule has 132 valence electrons. The Morgan fingerprint density at radius 2 is 2.16 bits per heavy atom. The SMILES string of the molecule is CCOC(=O)c1c(CN=C(N)N)n(C)c2cc(C3=CCCC3)ccc12. The molecule has 25 heavy (non-hydrogen) atoms. The van der Waals surface area contributed by atoms with Crippen molar-refractivity contribution in [1.82, 2.24) is 4.57 Å². The van der Waals surface area contributed by atoms with Crippen molar-refractivity contribution < 1.29 is 9.53 Å². The number of aliphatic imine (C=N–C) groups is 1. The fourth-order valence-corrected chi connectivity index (χ4v) is 3.40. The van der Waals surface area contributed by atoms with Gasteiger partial charge in [-0.05, 0) is 43.4 Å². The number of aryl methyl sites for hydroxylation is 1. The third-order valence-corrected chi connectivity index (χ3v) is 4.62. The van der Waals surface area contributed by atoms with Gasteiger partial charge < -0.3 is 20.8 Å². The molecule has 1 aliphatic carbocycles. The van der Waals surface area contributed by atoms with Gasteiger partial charge in [-0.2, -0.15) is 0 Å². The Morgan fingerprint density at radius 1 is 1.36 bits per heavy atom. The van der Waals surface area contributed by atoms with Crippen LogP contribution in [0.2, 0.25) is 0 Å². The molecule has 1 aromatic heterocycles. The van der Waals surface area contributed by atoms with E-state index in [9.17, 15) is 4.79 Å². The summed E-state index contributed by atoms with van der Waals surface area (Å²) in [7, 11) is 1.93. The first kappa shape index (κ1) is 17.1. The number of rotatable bonds is 5. The number of ether oxygens (including phenoxy) is 1. The van der Waals surface area contributed by atoms with Crippen LogP contribution in [0.1, 0.15) is 47.8 Å². The number of aromatic nitrogens is 1. The highest BCUT2D eigenvalue weighted by Crippen LogP contribution is 2.33. The van der Waals surface area contributed by atoms with Crippen molar-refractivity contribution in [1.29, 1.82) is 0 Å². The monoisotopic (exact) mass is 340 g/mol. The molecule has 1 heterocycles. The molecule has 4 N–H and O–H groups in total. The summed E-state index contributed by atoms with van der Waals surface area (Å²) in [6.45, 7) is 2.35. The summed E-state index contributed by atoms with van der Waals surface area (Å²) in [6.07, 6.45) is 5.72. The second-order valence-electron chi connectivity index (χ2n) is 6.20. The maximum Gasteiger partial charge on any atom is 0.340 e. The quantitative estimate of drug-likeness (QED) is 0.497. The maximum atomic E-state index is 12.5. The average molecular weight is 340 g/mol. The molecule has 0 fully saturated rings. The number of benzene rings is 1. The second-order valence-corrected chi connectivity index (χ2v) is 6.20. The molecular weight excluding hydrogens is 316 g/mol. The van der Waals surface area contributed by atoms with Crippen molar-refractivity contribution in [3.8, 4) is 0 Å². The largest absolute Gasteiger partial charge is 0.462 e. The van der Waals surface area contributed by atoms with Crippen LogP contribution in [-0.2, 0) is 18.3 Å². The van der Waals surface area contributed by atoms with Gasteiger partial charge in [-0.15, -0.1) is 0 Å². The van der Waals surface area contributed by atoms with Gasteiger partial charge in [0.2, 0.25) is 0 Å². The Hall–Kier alpha value is -2.76. The summed E-state index contributed by atoms with van der Waals surface area (Å²) in [5.74, 6) is -0.349. The fraction of sp³-hybridized carbons (Fsp3) is 0.368. The molecular formula is C19H24N4O2. The summed E-state index contributed by atoms with van der Waals surface area (Å²) in [5.41, 5.74) is 15.8. The van der Waals surface area contributed by atoms with E-state index in [1.54, 1.807) is 6.92 Å².